The minimum atomic E-state index is 0.801. The van der Waals surface area contributed by atoms with Crippen LogP contribution in [0, 0.1) is 0 Å². The molecule has 0 aliphatic rings. The first kappa shape index (κ1) is 13.4. The molecule has 6 heteroatoms. The van der Waals surface area contributed by atoms with Crippen molar-refractivity contribution in [3.63, 3.8) is 0 Å². The second-order valence-electron chi connectivity index (χ2n) is 4.92. The van der Waals surface area contributed by atoms with E-state index in [9.17, 15) is 0 Å². The lowest BCUT2D eigenvalue weighted by atomic mass is 10.2. The fraction of sp³-hybridized carbons (Fsp3) is 0.267. The van der Waals surface area contributed by atoms with E-state index in [1.165, 1.54) is 5.56 Å². The summed E-state index contributed by atoms with van der Waals surface area (Å²) in [6.07, 6.45) is 7.04. The van der Waals surface area contributed by atoms with Gasteiger partial charge in [0.2, 0.25) is 0 Å². The standard InChI is InChI=1S/C15H18N6/c1-2-7-20-8-6-13(11-20)10-16-14-4-3-5-15(9-14)21-12-17-18-19-21/h3-6,8-9,11-12,16H,2,7,10H2,1H3. The van der Waals surface area contributed by atoms with E-state index in [4.69, 9.17) is 0 Å². The Kier molecular flexibility index (Phi) is 3.95. The highest BCUT2D eigenvalue weighted by Crippen LogP contribution is 2.14. The molecule has 0 amide bonds. The van der Waals surface area contributed by atoms with Gasteiger partial charge in [0, 0.05) is 31.2 Å². The predicted octanol–water partition coefficient (Wildman–Crippen LogP) is 2.49. The van der Waals surface area contributed by atoms with Crippen LogP contribution in [0.15, 0.2) is 49.1 Å². The maximum absolute atomic E-state index is 3.89. The highest BCUT2D eigenvalue weighted by molar-refractivity contribution is 5.50. The molecule has 0 atom stereocenters. The van der Waals surface area contributed by atoms with Crippen molar-refractivity contribution in [2.75, 3.05) is 5.32 Å². The van der Waals surface area contributed by atoms with Crippen LogP contribution < -0.4 is 5.32 Å². The number of aryl methyl sites for hydroxylation is 1. The first-order chi connectivity index (χ1) is 10.3. The summed E-state index contributed by atoms with van der Waals surface area (Å²) in [5.74, 6) is 0. The molecule has 108 valence electrons. The molecule has 1 N–H and O–H groups in total. The largest absolute Gasteiger partial charge is 0.381 e. The molecule has 2 heterocycles. The highest BCUT2D eigenvalue weighted by atomic mass is 15.5. The van der Waals surface area contributed by atoms with Crippen molar-refractivity contribution >= 4 is 5.69 Å². The quantitative estimate of drug-likeness (QED) is 0.754. The molecule has 0 radical (unpaired) electrons. The van der Waals surface area contributed by atoms with E-state index in [2.05, 4.69) is 50.8 Å². The fourth-order valence-corrected chi connectivity index (χ4v) is 2.23. The zero-order valence-corrected chi connectivity index (χ0v) is 12.0. The van der Waals surface area contributed by atoms with Gasteiger partial charge < -0.3 is 9.88 Å². The first-order valence-electron chi connectivity index (χ1n) is 7.07. The van der Waals surface area contributed by atoms with E-state index in [1.807, 2.05) is 24.3 Å². The van der Waals surface area contributed by atoms with Crippen molar-refractivity contribution in [2.24, 2.45) is 0 Å². The number of anilines is 1. The van der Waals surface area contributed by atoms with Crippen LogP contribution in [0.25, 0.3) is 5.69 Å². The Morgan fingerprint density at radius 3 is 3.00 bits per heavy atom. The fourth-order valence-electron chi connectivity index (χ4n) is 2.23. The van der Waals surface area contributed by atoms with Gasteiger partial charge in [0.05, 0.1) is 5.69 Å². The molecule has 6 nitrogen and oxygen atoms in total. The summed E-state index contributed by atoms with van der Waals surface area (Å²) in [4.78, 5) is 0. The number of nitrogens with one attached hydrogen (secondary N) is 1. The molecule has 2 aromatic heterocycles. The number of benzene rings is 1. The average molecular weight is 282 g/mol. The highest BCUT2D eigenvalue weighted by Gasteiger charge is 2.01. The first-order valence-corrected chi connectivity index (χ1v) is 7.07. The number of aromatic nitrogens is 5. The minimum Gasteiger partial charge on any atom is -0.381 e. The van der Waals surface area contributed by atoms with Gasteiger partial charge in [0.15, 0.2) is 0 Å². The number of hydrogen-bond donors (Lipinski definition) is 1. The Morgan fingerprint density at radius 1 is 1.24 bits per heavy atom. The Bertz CT molecular complexity index is 686. The van der Waals surface area contributed by atoms with Crippen molar-refractivity contribution in [1.29, 1.82) is 0 Å². The lowest BCUT2D eigenvalue weighted by Gasteiger charge is -2.07. The van der Waals surface area contributed by atoms with Crippen LogP contribution in [-0.4, -0.2) is 24.8 Å². The van der Waals surface area contributed by atoms with Crippen LogP contribution >= 0.6 is 0 Å². The van der Waals surface area contributed by atoms with Gasteiger partial charge in [-0.2, -0.15) is 0 Å². The molecule has 0 saturated carbocycles. The van der Waals surface area contributed by atoms with Crippen LogP contribution in [0.5, 0.6) is 0 Å². The summed E-state index contributed by atoms with van der Waals surface area (Å²) in [6.45, 7) is 4.05. The van der Waals surface area contributed by atoms with Crippen LogP contribution in [0.4, 0.5) is 5.69 Å². The monoisotopic (exact) mass is 282 g/mol. The zero-order valence-electron chi connectivity index (χ0n) is 12.0. The summed E-state index contributed by atoms with van der Waals surface area (Å²) < 4.78 is 3.86. The van der Waals surface area contributed by atoms with E-state index in [0.29, 0.717) is 0 Å². The summed E-state index contributed by atoms with van der Waals surface area (Å²) >= 11 is 0. The third-order valence-corrected chi connectivity index (χ3v) is 3.25. The number of nitrogens with zero attached hydrogens (tertiary/aromatic N) is 5. The van der Waals surface area contributed by atoms with E-state index in [-0.39, 0.29) is 0 Å². The molecule has 3 rings (SSSR count). The Morgan fingerprint density at radius 2 is 2.19 bits per heavy atom. The molecular formula is C15H18N6. The van der Waals surface area contributed by atoms with Crippen molar-refractivity contribution in [2.45, 2.75) is 26.4 Å². The van der Waals surface area contributed by atoms with Crippen molar-refractivity contribution in [1.82, 2.24) is 24.8 Å². The smallest absolute Gasteiger partial charge is 0.143 e. The van der Waals surface area contributed by atoms with Gasteiger partial charge in [-0.25, -0.2) is 4.68 Å². The van der Waals surface area contributed by atoms with Gasteiger partial charge >= 0.3 is 0 Å². The summed E-state index contributed by atoms with van der Waals surface area (Å²) in [5.41, 5.74) is 3.26. The summed E-state index contributed by atoms with van der Waals surface area (Å²) in [6, 6.07) is 10.2. The zero-order chi connectivity index (χ0) is 14.5. The van der Waals surface area contributed by atoms with E-state index >= 15 is 0 Å². The van der Waals surface area contributed by atoms with Crippen LogP contribution in [0.2, 0.25) is 0 Å². The normalized spacial score (nSPS) is 10.7. The average Bonchev–Trinajstić information content (AvgIpc) is 3.18. The van der Waals surface area contributed by atoms with E-state index < -0.39 is 0 Å². The van der Waals surface area contributed by atoms with E-state index in [0.717, 1.165) is 30.9 Å². The predicted molar refractivity (Wildman–Crippen MR) is 81.2 cm³/mol. The number of tetrazole rings is 1. The molecule has 0 aliphatic carbocycles. The summed E-state index contributed by atoms with van der Waals surface area (Å²) in [5, 5.41) is 14.6. The third kappa shape index (κ3) is 3.28. The topological polar surface area (TPSA) is 60.6 Å². The van der Waals surface area contributed by atoms with Gasteiger partial charge in [-0.05, 0) is 46.7 Å². The van der Waals surface area contributed by atoms with Gasteiger partial charge in [0.25, 0.3) is 0 Å². The van der Waals surface area contributed by atoms with Gasteiger partial charge in [0.1, 0.15) is 6.33 Å². The maximum Gasteiger partial charge on any atom is 0.143 e. The molecule has 0 saturated heterocycles. The molecular weight excluding hydrogens is 264 g/mol. The Balaban J connectivity index is 1.66. The minimum absolute atomic E-state index is 0.801. The Labute approximate surface area is 123 Å². The number of hydrogen-bond acceptors (Lipinski definition) is 4. The molecule has 0 fully saturated rings. The third-order valence-electron chi connectivity index (χ3n) is 3.25. The van der Waals surface area contributed by atoms with Crippen LogP contribution in [0.1, 0.15) is 18.9 Å². The van der Waals surface area contributed by atoms with Crippen LogP contribution in [0.3, 0.4) is 0 Å². The second kappa shape index (κ2) is 6.21. The molecule has 21 heavy (non-hydrogen) atoms. The SMILES string of the molecule is CCCn1ccc(CNc2cccc(-n3cnnn3)c2)c1. The van der Waals surface area contributed by atoms with Crippen molar-refractivity contribution in [3.8, 4) is 5.69 Å². The Hall–Kier alpha value is -2.63. The van der Waals surface area contributed by atoms with Gasteiger partial charge in [-0.1, -0.05) is 13.0 Å². The summed E-state index contributed by atoms with van der Waals surface area (Å²) in [7, 11) is 0. The molecule has 0 spiro atoms. The maximum atomic E-state index is 3.89. The van der Waals surface area contributed by atoms with Crippen molar-refractivity contribution in [3.05, 3.63) is 54.6 Å². The lowest BCUT2D eigenvalue weighted by molar-refractivity contribution is 0.682. The number of rotatable bonds is 6. The lowest BCUT2D eigenvalue weighted by Crippen LogP contribution is -2.01. The molecule has 3 aromatic rings. The van der Waals surface area contributed by atoms with Gasteiger partial charge in [-0.15, -0.1) is 5.10 Å². The second-order valence-corrected chi connectivity index (χ2v) is 4.92. The molecule has 1 aromatic carbocycles. The van der Waals surface area contributed by atoms with Crippen molar-refractivity contribution < 1.29 is 0 Å². The van der Waals surface area contributed by atoms with E-state index in [1.54, 1.807) is 11.0 Å². The molecule has 0 bridgehead atoms. The molecule has 0 aliphatic heterocycles. The van der Waals surface area contributed by atoms with Gasteiger partial charge in [-0.3, -0.25) is 0 Å². The molecule has 0 unspecified atom stereocenters. The van der Waals surface area contributed by atoms with Crippen LogP contribution in [-0.2, 0) is 13.1 Å².